The van der Waals surface area contributed by atoms with Gasteiger partial charge in [-0.15, -0.1) is 0 Å². The molecule has 0 saturated heterocycles. The Morgan fingerprint density at radius 3 is 1.98 bits per heavy atom. The normalized spacial score (nSPS) is 20.1. The Balaban J connectivity index is 0.00000924. The van der Waals surface area contributed by atoms with Crippen molar-refractivity contribution in [3.8, 4) is 0 Å². The van der Waals surface area contributed by atoms with Gasteiger partial charge in [0.15, 0.2) is 0 Å². The minimum absolute atomic E-state index is 0. The van der Waals surface area contributed by atoms with Gasteiger partial charge in [0.1, 0.15) is 10.1 Å². The molecule has 6 unspecified atom stereocenters. The predicted octanol–water partition coefficient (Wildman–Crippen LogP) is 1.83. The molecule has 0 spiro atoms. The number of amides is 1. The van der Waals surface area contributed by atoms with E-state index >= 15 is 0 Å². The third kappa shape index (κ3) is 12.0. The molecule has 8 nitrogen and oxygen atoms in total. The molecular formula is C33H55N2NaO6S. The van der Waals surface area contributed by atoms with Gasteiger partial charge < -0.3 is 24.7 Å². The Labute approximate surface area is 283 Å². The van der Waals surface area contributed by atoms with E-state index in [-0.39, 0.29) is 58.6 Å². The second kappa shape index (κ2) is 18.9. The first-order valence-corrected chi connectivity index (χ1v) is 17.6. The van der Waals surface area contributed by atoms with E-state index in [1.165, 1.54) is 12.1 Å². The number of quaternary nitrogens is 1. The summed E-state index contributed by atoms with van der Waals surface area (Å²) in [5, 5.41) is 12.4. The summed E-state index contributed by atoms with van der Waals surface area (Å²) in [5.41, 5.74) is 6.56. The molecule has 43 heavy (non-hydrogen) atoms. The molecule has 1 fully saturated rings. The van der Waals surface area contributed by atoms with Gasteiger partial charge in [-0.25, -0.2) is 8.42 Å². The molecule has 10 heteroatoms. The Morgan fingerprint density at radius 1 is 0.977 bits per heavy atom. The smallest absolute Gasteiger partial charge is 0.744 e. The molecule has 2 rings (SSSR count). The zero-order valence-corrected chi connectivity index (χ0v) is 30.4. The molecule has 0 aliphatic heterocycles. The van der Waals surface area contributed by atoms with Crippen LogP contribution in [0.1, 0.15) is 110 Å². The van der Waals surface area contributed by atoms with Crippen molar-refractivity contribution in [1.29, 1.82) is 0 Å². The predicted molar refractivity (Wildman–Crippen MR) is 163 cm³/mol. The minimum atomic E-state index is -4.55. The van der Waals surface area contributed by atoms with E-state index in [4.69, 9.17) is 5.73 Å². The molecule has 1 aromatic rings. The molecular weight excluding hydrogens is 575 g/mol. The van der Waals surface area contributed by atoms with Crippen LogP contribution in [0.5, 0.6) is 0 Å². The van der Waals surface area contributed by atoms with Gasteiger partial charge in [0.2, 0.25) is 5.91 Å². The van der Waals surface area contributed by atoms with Crippen molar-refractivity contribution < 1.29 is 61.7 Å². The van der Waals surface area contributed by atoms with E-state index in [2.05, 4.69) is 27.7 Å². The van der Waals surface area contributed by atoms with Gasteiger partial charge in [0, 0.05) is 23.7 Å². The summed E-state index contributed by atoms with van der Waals surface area (Å²) in [6.45, 7) is 15.4. The van der Waals surface area contributed by atoms with Crippen LogP contribution in [-0.2, 0) is 19.7 Å². The van der Waals surface area contributed by atoms with Crippen LogP contribution >= 0.6 is 0 Å². The monoisotopic (exact) mass is 630 g/mol. The van der Waals surface area contributed by atoms with Crippen LogP contribution in [0.3, 0.4) is 0 Å². The van der Waals surface area contributed by atoms with E-state index in [0.717, 1.165) is 87.6 Å². The number of aliphatic carboxylic acids is 1. The van der Waals surface area contributed by atoms with Gasteiger partial charge in [0.25, 0.3) is 0 Å². The van der Waals surface area contributed by atoms with Gasteiger partial charge in [0.05, 0.1) is 31.1 Å². The number of carbonyl (C=O) groups is 2. The van der Waals surface area contributed by atoms with Crippen LogP contribution < -0.4 is 40.4 Å². The summed E-state index contributed by atoms with van der Waals surface area (Å²) in [5.74, 6) is -2.29. The molecule has 1 aliphatic rings. The molecule has 0 radical (unpaired) electrons. The standard InChI is InChI=1S/C33H56N2O6S.Na/c1-6-17-35(18-7-2,19-8-3)23-24(5)20-28(26-13-15-29(16-14-26)42(39,40)41)21-27-11-10-12-30(27)31(33(37)38)22-25(9-4)32(34)36;/h13-16,24-25,27-28,30-31H,6-12,17-23H2,1-5H3,(H3-,34,36,37,38,39,40,41);/q;+1/p-1. The first-order valence-electron chi connectivity index (χ1n) is 16.2. The van der Waals surface area contributed by atoms with Crippen molar-refractivity contribution >= 4 is 22.0 Å². The van der Waals surface area contributed by atoms with Crippen molar-refractivity contribution in [3.05, 3.63) is 29.8 Å². The van der Waals surface area contributed by atoms with Crippen LogP contribution in [0, 0.1) is 29.6 Å². The fourth-order valence-electron chi connectivity index (χ4n) is 8.02. The van der Waals surface area contributed by atoms with Gasteiger partial charge in [-0.1, -0.05) is 59.6 Å². The van der Waals surface area contributed by atoms with Gasteiger partial charge in [-0.3, -0.25) is 4.79 Å². The Morgan fingerprint density at radius 2 is 1.53 bits per heavy atom. The Kier molecular flexibility index (Phi) is 17.6. The van der Waals surface area contributed by atoms with Crippen LogP contribution in [0.15, 0.2) is 29.2 Å². The van der Waals surface area contributed by atoms with Crippen molar-refractivity contribution in [3.63, 3.8) is 0 Å². The van der Waals surface area contributed by atoms with Crippen molar-refractivity contribution in [2.24, 2.45) is 35.3 Å². The second-order valence-corrected chi connectivity index (χ2v) is 14.4. The molecule has 0 bridgehead atoms. The SMILES string of the molecule is CCC[N+](CCC)(CCC)CC(C)CC(CC1CCCC1C(CC(CC)C(N)=O)C(=O)[O-])c1ccc(S(=O)(=O)[O-])cc1.[Na+]. The molecule has 6 atom stereocenters. The molecule has 1 aliphatic carbocycles. The maximum absolute atomic E-state index is 12.4. The summed E-state index contributed by atoms with van der Waals surface area (Å²) < 4.78 is 35.9. The fourth-order valence-corrected chi connectivity index (χ4v) is 8.49. The number of hydrogen-bond donors (Lipinski definition) is 1. The number of carboxylic acid groups (broad SMARTS) is 1. The number of hydrogen-bond acceptors (Lipinski definition) is 6. The topological polar surface area (TPSA) is 140 Å². The molecule has 1 amide bonds. The zero-order valence-electron chi connectivity index (χ0n) is 27.6. The number of primary amides is 1. The quantitative estimate of drug-likeness (QED) is 0.132. The zero-order chi connectivity index (χ0) is 31.5. The fraction of sp³-hybridized carbons (Fsp3) is 0.758. The maximum Gasteiger partial charge on any atom is 1.00 e. The maximum atomic E-state index is 12.4. The number of carbonyl (C=O) groups excluding carboxylic acids is 2. The number of carboxylic acids is 1. The van der Waals surface area contributed by atoms with Gasteiger partial charge >= 0.3 is 29.6 Å². The summed E-state index contributed by atoms with van der Waals surface area (Å²) in [7, 11) is -4.55. The van der Waals surface area contributed by atoms with E-state index in [9.17, 15) is 27.7 Å². The first-order chi connectivity index (χ1) is 19.8. The average Bonchev–Trinajstić information content (AvgIpc) is 3.36. The number of nitrogens with zero attached hydrogens (tertiary/aromatic N) is 1. The summed E-state index contributed by atoms with van der Waals surface area (Å²) in [4.78, 5) is 24.1. The molecule has 0 heterocycles. The van der Waals surface area contributed by atoms with Crippen molar-refractivity contribution in [2.75, 3.05) is 26.2 Å². The summed E-state index contributed by atoms with van der Waals surface area (Å²) in [6, 6.07) is 6.31. The van der Waals surface area contributed by atoms with E-state index in [1.807, 2.05) is 6.92 Å². The van der Waals surface area contributed by atoms with Crippen LogP contribution in [-0.4, -0.2) is 55.5 Å². The largest absolute Gasteiger partial charge is 1.00 e. The van der Waals surface area contributed by atoms with Crippen LogP contribution in [0.4, 0.5) is 0 Å². The van der Waals surface area contributed by atoms with E-state index < -0.39 is 33.8 Å². The van der Waals surface area contributed by atoms with Crippen LogP contribution in [0.25, 0.3) is 0 Å². The van der Waals surface area contributed by atoms with Crippen molar-refractivity contribution in [1.82, 2.24) is 0 Å². The Bertz CT molecular complexity index is 1080. The summed E-state index contributed by atoms with van der Waals surface area (Å²) >= 11 is 0. The summed E-state index contributed by atoms with van der Waals surface area (Å²) in [6.07, 6.45) is 8.34. The minimum Gasteiger partial charge on any atom is -0.744 e. The van der Waals surface area contributed by atoms with Gasteiger partial charge in [-0.05, 0) is 86.8 Å². The number of nitrogens with two attached hydrogens (primary N) is 1. The molecule has 2 N–H and O–H groups in total. The third-order valence-electron chi connectivity index (χ3n) is 9.68. The second-order valence-electron chi connectivity index (χ2n) is 13.0. The number of benzene rings is 1. The van der Waals surface area contributed by atoms with Gasteiger partial charge in [-0.2, -0.15) is 0 Å². The number of rotatable bonds is 20. The van der Waals surface area contributed by atoms with Crippen LogP contribution in [0.2, 0.25) is 0 Å². The average molecular weight is 631 g/mol. The molecule has 1 saturated carbocycles. The third-order valence-corrected chi connectivity index (χ3v) is 10.5. The van der Waals surface area contributed by atoms with Crippen molar-refractivity contribution in [2.45, 2.75) is 110 Å². The molecule has 1 aromatic carbocycles. The first kappa shape index (κ1) is 40.1. The van der Waals surface area contributed by atoms with E-state index in [1.54, 1.807) is 12.1 Å². The van der Waals surface area contributed by atoms with E-state index in [0.29, 0.717) is 12.3 Å². The Hall–Kier alpha value is -0.970. The molecule has 240 valence electrons. The molecule has 0 aromatic heterocycles.